The lowest BCUT2D eigenvalue weighted by Gasteiger charge is -2.13. The van der Waals surface area contributed by atoms with Gasteiger partial charge in [0.2, 0.25) is 5.75 Å². The molecule has 7 heteroatoms. The van der Waals surface area contributed by atoms with E-state index in [1.807, 2.05) is 0 Å². The number of rotatable bonds is 5. The third kappa shape index (κ3) is 2.57. The molecule has 0 spiro atoms. The highest BCUT2D eigenvalue weighted by atomic mass is 16.5. The van der Waals surface area contributed by atoms with Crippen LogP contribution in [0.25, 0.3) is 11.4 Å². The zero-order chi connectivity index (χ0) is 14.5. The summed E-state index contributed by atoms with van der Waals surface area (Å²) in [5, 5.41) is 0. The molecule has 0 aliphatic heterocycles. The number of hydrogen-bond donors (Lipinski definition) is 2. The zero-order valence-electron chi connectivity index (χ0n) is 11.5. The highest BCUT2D eigenvalue weighted by molar-refractivity contribution is 5.67. The Labute approximate surface area is 116 Å². The van der Waals surface area contributed by atoms with Crippen LogP contribution in [-0.2, 0) is 0 Å². The minimum absolute atomic E-state index is 0.500. The Kier molecular flexibility index (Phi) is 4.21. The van der Waals surface area contributed by atoms with Crippen LogP contribution in [0.15, 0.2) is 24.4 Å². The van der Waals surface area contributed by atoms with Crippen molar-refractivity contribution in [3.8, 4) is 28.6 Å². The lowest BCUT2D eigenvalue weighted by Crippen LogP contribution is -2.09. The molecular weight excluding hydrogens is 260 g/mol. The number of nitrogen functional groups attached to an aromatic ring is 1. The van der Waals surface area contributed by atoms with Crippen LogP contribution in [0.5, 0.6) is 17.2 Å². The van der Waals surface area contributed by atoms with E-state index in [0.29, 0.717) is 28.9 Å². The maximum Gasteiger partial charge on any atom is 0.203 e. The molecule has 0 bridgehead atoms. The summed E-state index contributed by atoms with van der Waals surface area (Å²) < 4.78 is 15.9. The Hall–Kier alpha value is -2.54. The molecular formula is C13H16N4O3. The van der Waals surface area contributed by atoms with E-state index in [1.54, 1.807) is 45.7 Å². The fraction of sp³-hybridized carbons (Fsp3) is 0.231. The number of methoxy groups -OCH3 is 3. The average Bonchev–Trinajstić information content (AvgIpc) is 2.53. The van der Waals surface area contributed by atoms with Crippen LogP contribution in [0.3, 0.4) is 0 Å². The molecule has 0 atom stereocenters. The van der Waals surface area contributed by atoms with Crippen LogP contribution in [0.4, 0.5) is 5.82 Å². The fourth-order valence-electron chi connectivity index (χ4n) is 1.79. The molecule has 20 heavy (non-hydrogen) atoms. The third-order valence-electron chi connectivity index (χ3n) is 2.73. The number of nitrogens with two attached hydrogens (primary N) is 1. The van der Waals surface area contributed by atoms with Gasteiger partial charge >= 0.3 is 0 Å². The Morgan fingerprint density at radius 3 is 2.20 bits per heavy atom. The van der Waals surface area contributed by atoms with Gasteiger partial charge in [0.25, 0.3) is 0 Å². The maximum atomic E-state index is 5.34. The van der Waals surface area contributed by atoms with E-state index in [9.17, 15) is 0 Å². The van der Waals surface area contributed by atoms with Gasteiger partial charge in [-0.25, -0.2) is 15.8 Å². The summed E-state index contributed by atoms with van der Waals surface area (Å²) in [6.07, 6.45) is 1.61. The second-order valence-corrected chi connectivity index (χ2v) is 3.82. The molecule has 1 heterocycles. The van der Waals surface area contributed by atoms with Crippen LogP contribution >= 0.6 is 0 Å². The van der Waals surface area contributed by atoms with Crippen LogP contribution < -0.4 is 25.5 Å². The van der Waals surface area contributed by atoms with Crippen molar-refractivity contribution in [1.29, 1.82) is 0 Å². The van der Waals surface area contributed by atoms with Crippen LogP contribution in [0.1, 0.15) is 0 Å². The van der Waals surface area contributed by atoms with E-state index in [1.165, 1.54) is 0 Å². The number of hydrazine groups is 1. The Bertz CT molecular complexity index is 579. The second kappa shape index (κ2) is 6.07. The smallest absolute Gasteiger partial charge is 0.203 e. The van der Waals surface area contributed by atoms with Gasteiger partial charge in [0.1, 0.15) is 5.82 Å². The quantitative estimate of drug-likeness (QED) is 0.631. The van der Waals surface area contributed by atoms with E-state index in [-0.39, 0.29) is 0 Å². The molecule has 7 nitrogen and oxygen atoms in total. The number of benzene rings is 1. The van der Waals surface area contributed by atoms with Crippen molar-refractivity contribution in [2.45, 2.75) is 0 Å². The fourth-order valence-corrected chi connectivity index (χ4v) is 1.79. The Balaban J connectivity index is 2.56. The summed E-state index contributed by atoms with van der Waals surface area (Å²) in [6, 6.07) is 5.22. The molecule has 0 fully saturated rings. The number of nitrogens with one attached hydrogen (secondary N) is 1. The SMILES string of the molecule is COc1cc(-c2nccc(NN)n2)cc(OC)c1OC. The molecule has 2 rings (SSSR count). The van der Waals surface area contributed by atoms with Crippen LogP contribution in [0.2, 0.25) is 0 Å². The summed E-state index contributed by atoms with van der Waals surface area (Å²) in [7, 11) is 4.66. The van der Waals surface area contributed by atoms with Crippen molar-refractivity contribution in [3.63, 3.8) is 0 Å². The predicted molar refractivity (Wildman–Crippen MR) is 74.9 cm³/mol. The van der Waals surface area contributed by atoms with E-state index < -0.39 is 0 Å². The monoisotopic (exact) mass is 276 g/mol. The average molecular weight is 276 g/mol. The predicted octanol–water partition coefficient (Wildman–Crippen LogP) is 1.45. The lowest BCUT2D eigenvalue weighted by molar-refractivity contribution is 0.324. The van der Waals surface area contributed by atoms with E-state index in [4.69, 9.17) is 20.1 Å². The summed E-state index contributed by atoms with van der Waals surface area (Å²) in [5.74, 6) is 7.96. The largest absolute Gasteiger partial charge is 0.493 e. The van der Waals surface area contributed by atoms with Gasteiger partial charge in [0.15, 0.2) is 17.3 Å². The Morgan fingerprint density at radius 1 is 1.05 bits per heavy atom. The van der Waals surface area contributed by atoms with Gasteiger partial charge in [-0.2, -0.15) is 0 Å². The van der Waals surface area contributed by atoms with Crippen molar-refractivity contribution >= 4 is 5.82 Å². The molecule has 106 valence electrons. The molecule has 3 N–H and O–H groups in total. The minimum Gasteiger partial charge on any atom is -0.493 e. The van der Waals surface area contributed by atoms with E-state index in [0.717, 1.165) is 5.56 Å². The first-order chi connectivity index (χ1) is 9.73. The van der Waals surface area contributed by atoms with E-state index in [2.05, 4.69) is 15.4 Å². The van der Waals surface area contributed by atoms with Crippen molar-refractivity contribution in [2.75, 3.05) is 26.8 Å². The van der Waals surface area contributed by atoms with Gasteiger partial charge in [-0.05, 0) is 12.1 Å². The lowest BCUT2D eigenvalue weighted by atomic mass is 10.1. The normalized spacial score (nSPS) is 10.0. The molecule has 1 aromatic carbocycles. The first kappa shape index (κ1) is 13.9. The molecule has 1 aromatic heterocycles. The standard InChI is InChI=1S/C13H16N4O3/c1-18-9-6-8(7-10(19-2)12(9)20-3)13-15-5-4-11(16-13)17-14/h4-7H,14H2,1-3H3,(H,15,16,17). The number of aromatic nitrogens is 2. The summed E-state index contributed by atoms with van der Waals surface area (Å²) in [6.45, 7) is 0. The first-order valence-electron chi connectivity index (χ1n) is 5.83. The van der Waals surface area contributed by atoms with Gasteiger partial charge in [-0.3, -0.25) is 0 Å². The van der Waals surface area contributed by atoms with Crippen molar-refractivity contribution < 1.29 is 14.2 Å². The second-order valence-electron chi connectivity index (χ2n) is 3.82. The van der Waals surface area contributed by atoms with Crippen molar-refractivity contribution in [1.82, 2.24) is 9.97 Å². The molecule has 0 aliphatic rings. The van der Waals surface area contributed by atoms with Gasteiger partial charge in [-0.1, -0.05) is 0 Å². The number of nitrogens with zero attached hydrogens (tertiary/aromatic N) is 2. The number of ether oxygens (including phenoxy) is 3. The molecule has 0 amide bonds. The maximum absolute atomic E-state index is 5.34. The Morgan fingerprint density at radius 2 is 1.70 bits per heavy atom. The number of anilines is 1. The molecule has 0 saturated carbocycles. The molecule has 2 aromatic rings. The van der Waals surface area contributed by atoms with Gasteiger partial charge in [0.05, 0.1) is 21.3 Å². The zero-order valence-corrected chi connectivity index (χ0v) is 11.5. The number of hydrogen-bond acceptors (Lipinski definition) is 7. The van der Waals surface area contributed by atoms with Gasteiger partial charge in [-0.15, -0.1) is 0 Å². The first-order valence-corrected chi connectivity index (χ1v) is 5.83. The highest BCUT2D eigenvalue weighted by Gasteiger charge is 2.15. The summed E-state index contributed by atoms with van der Waals surface area (Å²) >= 11 is 0. The van der Waals surface area contributed by atoms with Crippen molar-refractivity contribution in [3.05, 3.63) is 24.4 Å². The minimum atomic E-state index is 0.500. The summed E-state index contributed by atoms with van der Waals surface area (Å²) in [5.41, 5.74) is 3.21. The molecule has 0 saturated heterocycles. The third-order valence-corrected chi connectivity index (χ3v) is 2.73. The van der Waals surface area contributed by atoms with Crippen molar-refractivity contribution in [2.24, 2.45) is 5.84 Å². The topological polar surface area (TPSA) is 91.5 Å². The van der Waals surface area contributed by atoms with Gasteiger partial charge < -0.3 is 19.6 Å². The highest BCUT2D eigenvalue weighted by Crippen LogP contribution is 2.40. The molecule has 0 radical (unpaired) electrons. The summed E-state index contributed by atoms with van der Waals surface area (Å²) in [4.78, 5) is 8.47. The molecule has 0 aliphatic carbocycles. The van der Waals surface area contributed by atoms with Crippen LogP contribution in [0, 0.1) is 0 Å². The molecule has 0 unspecified atom stereocenters. The van der Waals surface area contributed by atoms with E-state index >= 15 is 0 Å². The van der Waals surface area contributed by atoms with Crippen LogP contribution in [-0.4, -0.2) is 31.3 Å². The van der Waals surface area contributed by atoms with Gasteiger partial charge in [0, 0.05) is 17.8 Å².